The molecule has 0 aliphatic rings. The van der Waals surface area contributed by atoms with Crippen molar-refractivity contribution in [1.29, 1.82) is 0 Å². The van der Waals surface area contributed by atoms with Gasteiger partial charge in [0.1, 0.15) is 16.9 Å². The standard InChI is InChI=1S/C16H19N5O/c1-10-9-18-16(17-7-8-21(2)3)15-13(10)19-11-5-4-6-12(22)14(11)20-15/h4-6,9,17-18H,7-8H2,1-3H3. The fourth-order valence-corrected chi connectivity index (χ4v) is 2.36. The van der Waals surface area contributed by atoms with Crippen molar-refractivity contribution in [3.63, 3.8) is 0 Å². The van der Waals surface area contributed by atoms with Gasteiger partial charge in [0.25, 0.3) is 0 Å². The lowest BCUT2D eigenvalue weighted by molar-refractivity contribution is 0.425. The second-order valence-electron chi connectivity index (χ2n) is 5.62. The molecule has 0 saturated heterocycles. The molecular formula is C16H19N5O. The molecule has 2 heterocycles. The molecule has 0 saturated carbocycles. The van der Waals surface area contributed by atoms with E-state index in [0.717, 1.165) is 30.0 Å². The zero-order chi connectivity index (χ0) is 15.7. The number of H-pyrrole nitrogens is 1. The van der Waals surface area contributed by atoms with Crippen LogP contribution in [0.3, 0.4) is 0 Å². The molecule has 114 valence electrons. The van der Waals surface area contributed by atoms with Crippen LogP contribution in [0.1, 0.15) is 5.56 Å². The molecule has 1 aromatic carbocycles. The van der Waals surface area contributed by atoms with Gasteiger partial charge in [-0.2, -0.15) is 0 Å². The molecule has 2 aromatic heterocycles. The first kappa shape index (κ1) is 14.5. The summed E-state index contributed by atoms with van der Waals surface area (Å²) in [6.07, 6.45) is 1.90. The topological polar surface area (TPSA) is 73.9 Å². The Morgan fingerprint density at radius 3 is 2.77 bits per heavy atom. The van der Waals surface area contributed by atoms with E-state index in [2.05, 4.69) is 25.2 Å². The van der Waals surface area contributed by atoms with Gasteiger partial charge in [-0.15, -0.1) is 0 Å². The van der Waals surface area contributed by atoms with Crippen molar-refractivity contribution < 1.29 is 0 Å². The van der Waals surface area contributed by atoms with Crippen molar-refractivity contribution >= 4 is 27.9 Å². The van der Waals surface area contributed by atoms with Crippen LogP contribution in [0.25, 0.3) is 22.1 Å². The summed E-state index contributed by atoms with van der Waals surface area (Å²) in [4.78, 5) is 26.4. The Morgan fingerprint density at radius 1 is 1.18 bits per heavy atom. The molecule has 3 rings (SSSR count). The molecule has 0 amide bonds. The highest BCUT2D eigenvalue weighted by Gasteiger charge is 2.10. The molecule has 2 N–H and O–H groups in total. The smallest absolute Gasteiger partial charge is 0.206 e. The molecule has 0 radical (unpaired) electrons. The predicted molar refractivity (Wildman–Crippen MR) is 89.4 cm³/mol. The van der Waals surface area contributed by atoms with Gasteiger partial charge in [-0.1, -0.05) is 6.07 Å². The highest BCUT2D eigenvalue weighted by atomic mass is 16.1. The van der Waals surface area contributed by atoms with Crippen LogP contribution in [0.5, 0.6) is 0 Å². The number of aromatic amines is 1. The Kier molecular flexibility index (Phi) is 3.77. The molecule has 0 atom stereocenters. The number of likely N-dealkylation sites (N-methyl/N-ethyl adjacent to an activating group) is 1. The van der Waals surface area contributed by atoms with Gasteiger partial charge < -0.3 is 15.2 Å². The van der Waals surface area contributed by atoms with E-state index >= 15 is 0 Å². The molecule has 0 fully saturated rings. The third-order valence-corrected chi connectivity index (χ3v) is 3.56. The lowest BCUT2D eigenvalue weighted by Gasteiger charge is -2.13. The fourth-order valence-electron chi connectivity index (χ4n) is 2.36. The lowest BCUT2D eigenvalue weighted by atomic mass is 10.2. The number of nitrogens with one attached hydrogen (secondary N) is 2. The van der Waals surface area contributed by atoms with Crippen molar-refractivity contribution in [3.05, 3.63) is 40.2 Å². The molecule has 6 nitrogen and oxygen atoms in total. The van der Waals surface area contributed by atoms with Gasteiger partial charge in [0.2, 0.25) is 5.43 Å². The number of rotatable bonds is 4. The van der Waals surface area contributed by atoms with Crippen LogP contribution in [0.4, 0.5) is 5.82 Å². The number of pyridine rings is 1. The molecular weight excluding hydrogens is 278 g/mol. The fraction of sp³-hybridized carbons (Fsp3) is 0.312. The summed E-state index contributed by atoms with van der Waals surface area (Å²) in [5.41, 5.74) is 3.45. The minimum atomic E-state index is -0.104. The van der Waals surface area contributed by atoms with Crippen LogP contribution in [0.15, 0.2) is 29.2 Å². The van der Waals surface area contributed by atoms with Crippen molar-refractivity contribution in [2.45, 2.75) is 6.92 Å². The molecule has 0 aliphatic carbocycles. The van der Waals surface area contributed by atoms with Crippen LogP contribution in [0, 0.1) is 6.92 Å². The normalized spacial score (nSPS) is 11.5. The number of aromatic nitrogens is 3. The average molecular weight is 297 g/mol. The summed E-state index contributed by atoms with van der Waals surface area (Å²) in [7, 11) is 4.05. The van der Waals surface area contributed by atoms with E-state index in [1.54, 1.807) is 6.07 Å². The van der Waals surface area contributed by atoms with Gasteiger partial charge in [0, 0.05) is 19.3 Å². The van der Waals surface area contributed by atoms with E-state index < -0.39 is 0 Å². The summed E-state index contributed by atoms with van der Waals surface area (Å²) in [5, 5.41) is 3.33. The summed E-state index contributed by atoms with van der Waals surface area (Å²) in [6.45, 7) is 3.65. The molecule has 0 unspecified atom stereocenters. The van der Waals surface area contributed by atoms with E-state index in [9.17, 15) is 4.79 Å². The number of fused-ring (bicyclic) bond motifs is 2. The number of para-hydroxylation sites is 1. The lowest BCUT2D eigenvalue weighted by Crippen LogP contribution is -2.21. The van der Waals surface area contributed by atoms with Crippen molar-refractivity contribution in [2.75, 3.05) is 32.5 Å². The third-order valence-electron chi connectivity index (χ3n) is 3.56. The van der Waals surface area contributed by atoms with Crippen LogP contribution in [-0.4, -0.2) is 47.0 Å². The van der Waals surface area contributed by atoms with Crippen LogP contribution in [0.2, 0.25) is 0 Å². The van der Waals surface area contributed by atoms with E-state index in [1.165, 1.54) is 6.07 Å². The Balaban J connectivity index is 2.15. The number of aryl methyl sites for hydroxylation is 1. The van der Waals surface area contributed by atoms with E-state index in [-0.39, 0.29) is 5.43 Å². The molecule has 0 bridgehead atoms. The average Bonchev–Trinajstić information content (AvgIpc) is 2.49. The highest BCUT2D eigenvalue weighted by Crippen LogP contribution is 2.22. The molecule has 22 heavy (non-hydrogen) atoms. The maximum Gasteiger partial charge on any atom is 0.206 e. The second kappa shape index (κ2) is 5.73. The van der Waals surface area contributed by atoms with Crippen LogP contribution in [-0.2, 0) is 0 Å². The Hall–Kier alpha value is -2.47. The molecule has 0 aliphatic heterocycles. The summed E-state index contributed by atoms with van der Waals surface area (Å²) < 4.78 is 0. The number of nitrogens with zero attached hydrogens (tertiary/aromatic N) is 3. The van der Waals surface area contributed by atoms with E-state index in [1.807, 2.05) is 33.3 Å². The zero-order valence-corrected chi connectivity index (χ0v) is 13.0. The van der Waals surface area contributed by atoms with Gasteiger partial charge in [0.05, 0.1) is 11.0 Å². The summed E-state index contributed by atoms with van der Waals surface area (Å²) in [5.74, 6) is 0.792. The SMILES string of the molecule is Cc1c[nH]c(NCCN(C)C)c2nc3c(=O)cccc3nc12. The molecule has 3 aromatic rings. The number of hydrogen-bond acceptors (Lipinski definition) is 5. The Morgan fingerprint density at radius 2 is 2.00 bits per heavy atom. The minimum absolute atomic E-state index is 0.104. The number of benzene rings is 1. The second-order valence-corrected chi connectivity index (χ2v) is 5.62. The minimum Gasteiger partial charge on any atom is -0.368 e. The van der Waals surface area contributed by atoms with Gasteiger partial charge in [-0.3, -0.25) is 4.79 Å². The summed E-state index contributed by atoms with van der Waals surface area (Å²) in [6, 6.07) is 5.05. The van der Waals surface area contributed by atoms with Crippen molar-refractivity contribution in [3.8, 4) is 0 Å². The Bertz CT molecular complexity index is 885. The van der Waals surface area contributed by atoms with Crippen molar-refractivity contribution in [2.24, 2.45) is 0 Å². The quantitative estimate of drug-likeness (QED) is 0.718. The number of anilines is 1. The van der Waals surface area contributed by atoms with E-state index in [4.69, 9.17) is 0 Å². The van der Waals surface area contributed by atoms with Gasteiger partial charge in [0.15, 0.2) is 0 Å². The third kappa shape index (κ3) is 2.65. The van der Waals surface area contributed by atoms with Crippen LogP contribution >= 0.6 is 0 Å². The van der Waals surface area contributed by atoms with Gasteiger partial charge >= 0.3 is 0 Å². The van der Waals surface area contributed by atoms with Gasteiger partial charge in [-0.25, -0.2) is 9.97 Å². The first-order valence-electron chi connectivity index (χ1n) is 7.23. The summed E-state index contributed by atoms with van der Waals surface area (Å²) >= 11 is 0. The monoisotopic (exact) mass is 297 g/mol. The van der Waals surface area contributed by atoms with Crippen LogP contribution < -0.4 is 10.7 Å². The Labute approximate surface area is 128 Å². The van der Waals surface area contributed by atoms with Crippen molar-refractivity contribution in [1.82, 2.24) is 19.9 Å². The first-order valence-corrected chi connectivity index (χ1v) is 7.23. The number of hydrogen-bond donors (Lipinski definition) is 2. The highest BCUT2D eigenvalue weighted by molar-refractivity contribution is 5.93. The molecule has 0 spiro atoms. The van der Waals surface area contributed by atoms with E-state index in [0.29, 0.717) is 16.6 Å². The zero-order valence-electron chi connectivity index (χ0n) is 13.0. The predicted octanol–water partition coefficient (Wildman–Crippen LogP) is 1.75. The maximum absolute atomic E-state index is 12.0. The van der Waals surface area contributed by atoms with Gasteiger partial charge in [-0.05, 0) is 38.7 Å². The largest absolute Gasteiger partial charge is 0.368 e. The first-order chi connectivity index (χ1) is 10.6. The molecule has 6 heteroatoms. The maximum atomic E-state index is 12.0.